The molecule has 3 aromatic carbocycles. The lowest BCUT2D eigenvalue weighted by Gasteiger charge is -2.26. The Hall–Kier alpha value is -4.93. The maximum atomic E-state index is 14.3. The summed E-state index contributed by atoms with van der Waals surface area (Å²) in [5.41, 5.74) is 5.29. The van der Waals surface area contributed by atoms with Gasteiger partial charge in [0.25, 0.3) is 5.56 Å². The molecule has 7 heteroatoms. The highest BCUT2D eigenvalue weighted by atomic mass is 32.1. The number of aromatic nitrogens is 2. The van der Waals surface area contributed by atoms with Crippen molar-refractivity contribution in [3.8, 4) is 12.3 Å². The van der Waals surface area contributed by atoms with Crippen LogP contribution in [0.15, 0.2) is 100 Å². The number of thiazole rings is 1. The molecule has 0 fully saturated rings. The highest BCUT2D eigenvalue weighted by Crippen LogP contribution is 2.35. The van der Waals surface area contributed by atoms with Gasteiger partial charge >= 0.3 is 5.97 Å². The third-order valence-electron chi connectivity index (χ3n) is 7.66. The van der Waals surface area contributed by atoms with Crippen LogP contribution in [-0.2, 0) is 16.1 Å². The standard InChI is InChI=1S/C36H31N3O3S/c1-5-20-38-22-27(28-14-10-11-15-29(28)38)21-30-34(40)39-33(26-18-16-24(17-19-26)23(3)4)31(35(41)42-6-2)32(37-36(39)43-30)25-12-8-7-9-13-25/h1,7-19,21-23,33H,6,20H2,2-4H3/b30-21-/t33-/m0/s1. The van der Waals surface area contributed by atoms with Gasteiger partial charge in [0.1, 0.15) is 0 Å². The molecule has 6 nitrogen and oxygen atoms in total. The second-order valence-electron chi connectivity index (χ2n) is 10.7. The largest absolute Gasteiger partial charge is 0.463 e. The van der Waals surface area contributed by atoms with E-state index in [2.05, 4.69) is 31.9 Å². The number of fused-ring (bicyclic) bond motifs is 2. The predicted octanol–water partition coefficient (Wildman–Crippen LogP) is 5.65. The molecule has 6 rings (SSSR count). The van der Waals surface area contributed by atoms with Crippen LogP contribution in [0, 0.1) is 12.3 Å². The fraction of sp³-hybridized carbons (Fsp3) is 0.194. The van der Waals surface area contributed by atoms with Gasteiger partial charge in [-0.05, 0) is 36.1 Å². The van der Waals surface area contributed by atoms with Gasteiger partial charge in [-0.2, -0.15) is 0 Å². The maximum absolute atomic E-state index is 14.3. The Kier molecular flexibility index (Phi) is 7.71. The highest BCUT2D eigenvalue weighted by molar-refractivity contribution is 7.07. The number of benzene rings is 3. The highest BCUT2D eigenvalue weighted by Gasteiger charge is 2.35. The first kappa shape index (κ1) is 28.2. The van der Waals surface area contributed by atoms with Crippen molar-refractivity contribution in [1.29, 1.82) is 0 Å². The van der Waals surface area contributed by atoms with Crippen LogP contribution in [0.2, 0.25) is 0 Å². The van der Waals surface area contributed by atoms with Gasteiger partial charge in [-0.15, -0.1) is 6.42 Å². The lowest BCUT2D eigenvalue weighted by atomic mass is 9.91. The topological polar surface area (TPSA) is 65.6 Å². The molecule has 0 unspecified atom stereocenters. The summed E-state index contributed by atoms with van der Waals surface area (Å²) in [5.74, 6) is 2.56. The van der Waals surface area contributed by atoms with E-state index in [1.165, 1.54) is 16.9 Å². The van der Waals surface area contributed by atoms with Crippen molar-refractivity contribution in [2.45, 2.75) is 39.3 Å². The molecule has 0 aliphatic carbocycles. The molecule has 0 N–H and O–H groups in total. The smallest absolute Gasteiger partial charge is 0.338 e. The van der Waals surface area contributed by atoms with E-state index < -0.39 is 12.0 Å². The predicted molar refractivity (Wildman–Crippen MR) is 172 cm³/mol. The van der Waals surface area contributed by atoms with E-state index in [0.29, 0.717) is 33.1 Å². The van der Waals surface area contributed by atoms with Crippen molar-refractivity contribution in [3.63, 3.8) is 0 Å². The first-order valence-corrected chi connectivity index (χ1v) is 15.1. The third kappa shape index (κ3) is 5.15. The van der Waals surface area contributed by atoms with Crippen molar-refractivity contribution >= 4 is 40.0 Å². The lowest BCUT2D eigenvalue weighted by Crippen LogP contribution is -2.40. The minimum Gasteiger partial charge on any atom is -0.463 e. The summed E-state index contributed by atoms with van der Waals surface area (Å²) in [6, 6.07) is 25.0. The molecule has 3 heterocycles. The Bertz CT molecular complexity index is 2090. The Morgan fingerprint density at radius 3 is 2.49 bits per heavy atom. The summed E-state index contributed by atoms with van der Waals surface area (Å²) < 4.78 is 9.74. The average molecular weight is 586 g/mol. The fourth-order valence-electron chi connectivity index (χ4n) is 5.58. The minimum absolute atomic E-state index is 0.204. The van der Waals surface area contributed by atoms with E-state index in [9.17, 15) is 9.59 Å². The van der Waals surface area contributed by atoms with Crippen molar-refractivity contribution in [1.82, 2.24) is 9.13 Å². The molecular formula is C36H31N3O3S. The van der Waals surface area contributed by atoms with Gasteiger partial charge < -0.3 is 9.30 Å². The first-order valence-electron chi connectivity index (χ1n) is 14.3. The lowest BCUT2D eigenvalue weighted by molar-refractivity contribution is -0.138. The number of para-hydroxylation sites is 1. The molecular weight excluding hydrogens is 554 g/mol. The molecule has 0 saturated heterocycles. The van der Waals surface area contributed by atoms with E-state index in [0.717, 1.165) is 27.6 Å². The zero-order chi connectivity index (χ0) is 30.1. The number of esters is 1. The van der Waals surface area contributed by atoms with Gasteiger partial charge in [-0.3, -0.25) is 9.36 Å². The van der Waals surface area contributed by atoms with E-state index in [1.54, 1.807) is 11.5 Å². The summed E-state index contributed by atoms with van der Waals surface area (Å²) in [5, 5.41) is 1.00. The summed E-state index contributed by atoms with van der Waals surface area (Å²) >= 11 is 1.31. The molecule has 0 amide bonds. The normalized spacial score (nSPS) is 15.0. The molecule has 5 aromatic rings. The number of carbonyl (C=O) groups excluding carboxylic acids is 1. The van der Waals surface area contributed by atoms with Gasteiger partial charge in [0.2, 0.25) is 0 Å². The molecule has 0 saturated carbocycles. The molecule has 0 spiro atoms. The van der Waals surface area contributed by atoms with Gasteiger partial charge in [-0.25, -0.2) is 9.79 Å². The van der Waals surface area contributed by atoms with E-state index in [-0.39, 0.29) is 12.2 Å². The second kappa shape index (κ2) is 11.7. The third-order valence-corrected chi connectivity index (χ3v) is 8.64. The van der Waals surface area contributed by atoms with Gasteiger partial charge in [0.05, 0.1) is 35.0 Å². The SMILES string of the molecule is C#CCn1cc(/C=c2\sc3n(c2=O)[C@@H](c2ccc(C(C)C)cc2)C(C(=O)OCC)=C(c2ccccc2)N=3)c2ccccc21. The quantitative estimate of drug-likeness (QED) is 0.183. The molecule has 0 radical (unpaired) electrons. The summed E-state index contributed by atoms with van der Waals surface area (Å²) in [4.78, 5) is 33.4. The van der Waals surface area contributed by atoms with Crippen molar-refractivity contribution in [2.24, 2.45) is 4.99 Å². The van der Waals surface area contributed by atoms with Gasteiger partial charge in [-0.1, -0.05) is 104 Å². The second-order valence-corrected chi connectivity index (χ2v) is 11.7. The van der Waals surface area contributed by atoms with Crippen molar-refractivity contribution < 1.29 is 9.53 Å². The summed E-state index contributed by atoms with van der Waals surface area (Å²) in [7, 11) is 0. The number of carbonyl (C=O) groups is 1. The molecule has 43 heavy (non-hydrogen) atoms. The average Bonchev–Trinajstić information content (AvgIpc) is 3.53. The van der Waals surface area contributed by atoms with Gasteiger partial charge in [0, 0.05) is 28.2 Å². The summed E-state index contributed by atoms with van der Waals surface area (Å²) in [6.45, 7) is 6.67. The Morgan fingerprint density at radius 2 is 1.79 bits per heavy atom. The number of hydrogen-bond acceptors (Lipinski definition) is 5. The molecule has 214 valence electrons. The summed E-state index contributed by atoms with van der Waals surface area (Å²) in [6.07, 6.45) is 9.51. The van der Waals surface area contributed by atoms with Crippen LogP contribution in [0.3, 0.4) is 0 Å². The van der Waals surface area contributed by atoms with Crippen LogP contribution < -0.4 is 14.9 Å². The van der Waals surface area contributed by atoms with Gasteiger partial charge in [0.15, 0.2) is 4.80 Å². The zero-order valence-electron chi connectivity index (χ0n) is 24.3. The molecule has 1 aliphatic heterocycles. The monoisotopic (exact) mass is 585 g/mol. The zero-order valence-corrected chi connectivity index (χ0v) is 25.1. The van der Waals surface area contributed by atoms with Crippen molar-refractivity contribution in [2.75, 3.05) is 6.61 Å². The number of hydrogen-bond donors (Lipinski definition) is 0. The van der Waals surface area contributed by atoms with Crippen LogP contribution in [-0.4, -0.2) is 21.7 Å². The molecule has 1 atom stereocenters. The van der Waals surface area contributed by atoms with Crippen LogP contribution in [0.1, 0.15) is 55.0 Å². The van der Waals surface area contributed by atoms with Crippen LogP contribution in [0.25, 0.3) is 22.7 Å². The molecule has 1 aliphatic rings. The molecule has 2 aromatic heterocycles. The van der Waals surface area contributed by atoms with Crippen LogP contribution in [0.5, 0.6) is 0 Å². The van der Waals surface area contributed by atoms with E-state index in [1.807, 2.05) is 83.6 Å². The fourth-order valence-corrected chi connectivity index (χ4v) is 6.57. The number of rotatable bonds is 7. The van der Waals surface area contributed by atoms with Crippen LogP contribution in [0.4, 0.5) is 0 Å². The number of ether oxygens (including phenoxy) is 1. The van der Waals surface area contributed by atoms with Crippen LogP contribution >= 0.6 is 11.3 Å². The van der Waals surface area contributed by atoms with Crippen molar-refractivity contribution in [3.05, 3.63) is 133 Å². The minimum atomic E-state index is -0.711. The first-order chi connectivity index (χ1) is 20.9. The van der Waals surface area contributed by atoms with E-state index in [4.69, 9.17) is 16.2 Å². The Morgan fingerprint density at radius 1 is 1.07 bits per heavy atom. The number of nitrogens with zero attached hydrogens (tertiary/aromatic N) is 3. The maximum Gasteiger partial charge on any atom is 0.338 e. The van der Waals surface area contributed by atoms with E-state index >= 15 is 0 Å². The number of terminal acetylenes is 1. The Labute approximate surface area is 253 Å². The Balaban J connectivity index is 1.64. The molecule has 0 bridgehead atoms.